The highest BCUT2D eigenvalue weighted by Gasteiger charge is 2.21. The zero-order chi connectivity index (χ0) is 40.3. The average Bonchev–Trinajstić information content (AvgIpc) is 3.92. The molecule has 0 atom stereocenters. The van der Waals surface area contributed by atoms with E-state index in [1.54, 1.807) is 0 Å². The summed E-state index contributed by atoms with van der Waals surface area (Å²) in [7, 11) is 0. The molecule has 0 N–H and O–H groups in total. The lowest BCUT2D eigenvalue weighted by Crippen LogP contribution is -2.10. The van der Waals surface area contributed by atoms with Crippen molar-refractivity contribution in [2.75, 3.05) is 4.90 Å². The molecule has 2 aromatic heterocycles. The second-order valence-corrected chi connectivity index (χ2v) is 15.7. The Balaban J connectivity index is 1.02. The lowest BCUT2D eigenvalue weighted by molar-refractivity contribution is 0.669. The second kappa shape index (κ2) is 14.3. The number of anilines is 3. The van der Waals surface area contributed by atoms with Gasteiger partial charge in [-0.05, 0) is 123 Å². The van der Waals surface area contributed by atoms with Crippen LogP contribution in [0.4, 0.5) is 17.1 Å². The van der Waals surface area contributed by atoms with Gasteiger partial charge in [0.15, 0.2) is 0 Å². The van der Waals surface area contributed by atoms with Crippen molar-refractivity contribution in [2.45, 2.75) is 0 Å². The smallest absolute Gasteiger partial charge is 0.143 e. The topological polar surface area (TPSA) is 29.5 Å². The second-order valence-electron chi connectivity index (χ2n) is 15.7. The fourth-order valence-electron chi connectivity index (χ4n) is 9.15. The summed E-state index contributed by atoms with van der Waals surface area (Å²) >= 11 is 0. The molecule has 0 aliphatic carbocycles. The van der Waals surface area contributed by atoms with Crippen LogP contribution in [0.1, 0.15) is 0 Å². The molecule has 286 valence electrons. The fourth-order valence-corrected chi connectivity index (χ4v) is 9.15. The molecule has 10 aromatic carbocycles. The van der Waals surface area contributed by atoms with Gasteiger partial charge in [0.1, 0.15) is 22.3 Å². The summed E-state index contributed by atoms with van der Waals surface area (Å²) in [5.74, 6) is 0. The predicted octanol–water partition coefficient (Wildman–Crippen LogP) is 16.8. The Morgan fingerprint density at radius 2 is 0.820 bits per heavy atom. The van der Waals surface area contributed by atoms with Gasteiger partial charge in [-0.2, -0.15) is 0 Å². The lowest BCUT2D eigenvalue weighted by atomic mass is 9.93. The maximum absolute atomic E-state index is 6.71. The van der Waals surface area contributed by atoms with Crippen LogP contribution < -0.4 is 4.90 Å². The Labute approximate surface area is 353 Å². The fraction of sp³-hybridized carbons (Fsp3) is 0. The standard InChI is InChI=1S/C58H37NO2/c1-3-13-38(14-4-1)43-35-44(39-15-5-2-6-16-39)37-45(36-43)40-25-30-46(31-26-40)59(52-21-12-24-55-57(52)51-34-29-41-17-7-8-18-49(41)58(51)61-55)47-32-27-42(28-33-47)48-20-11-23-54-56(48)50-19-9-10-22-53(50)60-54/h1-37H. The maximum Gasteiger partial charge on any atom is 0.143 e. The van der Waals surface area contributed by atoms with Crippen molar-refractivity contribution in [3.63, 3.8) is 0 Å². The van der Waals surface area contributed by atoms with E-state index in [0.29, 0.717) is 0 Å². The summed E-state index contributed by atoms with van der Waals surface area (Å²) in [5.41, 5.74) is 16.0. The van der Waals surface area contributed by atoms with Gasteiger partial charge >= 0.3 is 0 Å². The number of furan rings is 2. The van der Waals surface area contributed by atoms with Crippen molar-refractivity contribution in [2.24, 2.45) is 0 Å². The lowest BCUT2D eigenvalue weighted by Gasteiger charge is -2.27. The number of hydrogen-bond acceptors (Lipinski definition) is 3. The molecule has 12 aromatic rings. The van der Waals surface area contributed by atoms with Gasteiger partial charge in [-0.15, -0.1) is 0 Å². The summed E-state index contributed by atoms with van der Waals surface area (Å²) in [4.78, 5) is 2.36. The Morgan fingerprint density at radius 1 is 0.295 bits per heavy atom. The minimum absolute atomic E-state index is 0.853. The molecule has 0 aliphatic rings. The minimum atomic E-state index is 0.853. The van der Waals surface area contributed by atoms with E-state index in [0.717, 1.165) is 88.4 Å². The Hall–Kier alpha value is -8.14. The number of fused-ring (bicyclic) bond motifs is 8. The zero-order valence-electron chi connectivity index (χ0n) is 33.1. The molecule has 0 fully saturated rings. The van der Waals surface area contributed by atoms with E-state index in [1.165, 1.54) is 27.8 Å². The molecule has 61 heavy (non-hydrogen) atoms. The monoisotopic (exact) mass is 779 g/mol. The van der Waals surface area contributed by atoms with Crippen molar-refractivity contribution in [3.05, 3.63) is 224 Å². The third kappa shape index (κ3) is 5.98. The Morgan fingerprint density at radius 3 is 1.49 bits per heavy atom. The van der Waals surface area contributed by atoms with Gasteiger partial charge in [0, 0.05) is 32.9 Å². The van der Waals surface area contributed by atoms with Gasteiger partial charge in [-0.25, -0.2) is 0 Å². The van der Waals surface area contributed by atoms with E-state index in [4.69, 9.17) is 8.83 Å². The summed E-state index contributed by atoms with van der Waals surface area (Å²) in [6.07, 6.45) is 0. The maximum atomic E-state index is 6.71. The average molecular weight is 780 g/mol. The first-order chi connectivity index (χ1) is 30.2. The number of hydrogen-bond donors (Lipinski definition) is 0. The molecule has 0 aliphatic heterocycles. The molecule has 12 rings (SSSR count). The van der Waals surface area contributed by atoms with Crippen molar-refractivity contribution in [3.8, 4) is 44.5 Å². The van der Waals surface area contributed by atoms with Crippen LogP contribution in [-0.2, 0) is 0 Å². The predicted molar refractivity (Wildman–Crippen MR) is 255 cm³/mol. The molecule has 0 unspecified atom stereocenters. The summed E-state index contributed by atoms with van der Waals surface area (Å²) in [6.45, 7) is 0. The van der Waals surface area contributed by atoms with Gasteiger partial charge in [-0.1, -0.05) is 152 Å². The number of rotatable bonds is 7. The van der Waals surface area contributed by atoms with Crippen LogP contribution in [0, 0.1) is 0 Å². The number of nitrogens with zero attached hydrogens (tertiary/aromatic N) is 1. The van der Waals surface area contributed by atoms with Gasteiger partial charge in [0.25, 0.3) is 0 Å². The molecule has 2 heterocycles. The summed E-state index contributed by atoms with van der Waals surface area (Å²) in [6, 6.07) is 79.9. The van der Waals surface area contributed by atoms with Crippen LogP contribution in [0.25, 0.3) is 99.2 Å². The highest BCUT2D eigenvalue weighted by molar-refractivity contribution is 6.19. The van der Waals surface area contributed by atoms with Crippen molar-refractivity contribution in [1.29, 1.82) is 0 Å². The molecule has 3 heteroatoms. The van der Waals surface area contributed by atoms with E-state index in [1.807, 2.05) is 12.1 Å². The van der Waals surface area contributed by atoms with Crippen LogP contribution in [0.5, 0.6) is 0 Å². The molecule has 0 saturated carbocycles. The number of para-hydroxylation sites is 1. The quantitative estimate of drug-likeness (QED) is 0.161. The molecule has 3 nitrogen and oxygen atoms in total. The van der Waals surface area contributed by atoms with E-state index in [9.17, 15) is 0 Å². The van der Waals surface area contributed by atoms with E-state index in [2.05, 4.69) is 217 Å². The minimum Gasteiger partial charge on any atom is -0.456 e. The Kier molecular flexibility index (Phi) is 8.17. The van der Waals surface area contributed by atoms with Crippen LogP contribution in [0.2, 0.25) is 0 Å². The SMILES string of the molecule is c1ccc(-c2cc(-c3ccccc3)cc(-c3ccc(N(c4ccc(-c5cccc6oc7ccccc7c56)cc4)c4cccc5oc6c7ccccc7ccc6c45)cc3)c2)cc1. The molecule has 0 bridgehead atoms. The third-order valence-corrected chi connectivity index (χ3v) is 12.1. The van der Waals surface area contributed by atoms with Gasteiger partial charge < -0.3 is 13.7 Å². The highest BCUT2D eigenvalue weighted by Crippen LogP contribution is 2.46. The van der Waals surface area contributed by atoms with Gasteiger partial charge in [0.05, 0.1) is 11.1 Å². The molecular weight excluding hydrogens is 743 g/mol. The van der Waals surface area contributed by atoms with E-state index in [-0.39, 0.29) is 0 Å². The summed E-state index contributed by atoms with van der Waals surface area (Å²) in [5, 5.41) is 6.69. The molecule has 0 radical (unpaired) electrons. The number of benzene rings is 10. The van der Waals surface area contributed by atoms with Crippen LogP contribution in [0.15, 0.2) is 233 Å². The largest absolute Gasteiger partial charge is 0.456 e. The first-order valence-electron chi connectivity index (χ1n) is 20.7. The van der Waals surface area contributed by atoms with Crippen LogP contribution in [0.3, 0.4) is 0 Å². The highest BCUT2D eigenvalue weighted by atomic mass is 16.3. The van der Waals surface area contributed by atoms with Crippen LogP contribution >= 0.6 is 0 Å². The van der Waals surface area contributed by atoms with Crippen molar-refractivity contribution in [1.82, 2.24) is 0 Å². The first kappa shape index (κ1) is 34.9. The first-order valence-corrected chi connectivity index (χ1v) is 20.7. The molecular formula is C58H37NO2. The van der Waals surface area contributed by atoms with Crippen LogP contribution in [-0.4, -0.2) is 0 Å². The van der Waals surface area contributed by atoms with Crippen molar-refractivity contribution < 1.29 is 8.83 Å². The van der Waals surface area contributed by atoms with E-state index < -0.39 is 0 Å². The van der Waals surface area contributed by atoms with Crippen molar-refractivity contribution >= 4 is 71.7 Å². The van der Waals surface area contributed by atoms with E-state index >= 15 is 0 Å². The Bertz CT molecular complexity index is 3510. The normalized spacial score (nSPS) is 11.6. The van der Waals surface area contributed by atoms with Gasteiger partial charge in [0.2, 0.25) is 0 Å². The molecule has 0 saturated heterocycles. The molecule has 0 spiro atoms. The third-order valence-electron chi connectivity index (χ3n) is 12.1. The zero-order valence-corrected chi connectivity index (χ0v) is 33.1. The van der Waals surface area contributed by atoms with Gasteiger partial charge in [-0.3, -0.25) is 0 Å². The molecule has 0 amide bonds. The summed E-state index contributed by atoms with van der Waals surface area (Å²) < 4.78 is 13.0.